The van der Waals surface area contributed by atoms with Crippen LogP contribution >= 0.6 is 0 Å². The highest BCUT2D eigenvalue weighted by atomic mass is 19.3. The highest BCUT2D eigenvalue weighted by Crippen LogP contribution is 2.22. The summed E-state index contributed by atoms with van der Waals surface area (Å²) in [5.41, 5.74) is 1.50. The average Bonchev–Trinajstić information content (AvgIpc) is 2.47. The number of aliphatic imine (C=N–C) groups is 1. The number of nitrogens with zero attached hydrogens (tertiary/aromatic N) is 1. The second-order valence-corrected chi connectivity index (χ2v) is 4.65. The molecule has 124 valence electrons. The second-order valence-electron chi connectivity index (χ2n) is 4.65. The number of rotatable bonds is 8. The first kappa shape index (κ1) is 18.1. The summed E-state index contributed by atoms with van der Waals surface area (Å²) in [5.74, 6) is 0.629. The maximum absolute atomic E-state index is 12.4. The number of nitrogens with one attached hydrogen (secondary N) is 2. The summed E-state index contributed by atoms with van der Waals surface area (Å²) in [6.45, 7) is 1.78. The molecular formula is C15H22F3N3O. The molecule has 0 aliphatic rings. The molecule has 0 spiro atoms. The number of ether oxygens (including phenoxy) is 1. The zero-order valence-corrected chi connectivity index (χ0v) is 12.8. The van der Waals surface area contributed by atoms with Gasteiger partial charge in [-0.1, -0.05) is 17.7 Å². The Bertz CT molecular complexity index is 481. The Kier molecular flexibility index (Phi) is 8.17. The Labute approximate surface area is 128 Å². The van der Waals surface area contributed by atoms with Gasteiger partial charge in [0.15, 0.2) is 5.96 Å². The smallest absolute Gasteiger partial charge is 0.387 e. The largest absolute Gasteiger partial charge is 0.434 e. The Morgan fingerprint density at radius 1 is 1.32 bits per heavy atom. The van der Waals surface area contributed by atoms with E-state index >= 15 is 0 Å². The second kappa shape index (κ2) is 9.92. The van der Waals surface area contributed by atoms with Crippen LogP contribution in [0, 0.1) is 6.92 Å². The summed E-state index contributed by atoms with van der Waals surface area (Å²) in [6.07, 6.45) is 0.384. The standard InChI is InChI=1S/C15H22F3N3O/c1-3-19-15(20-8-4-7-16)21-10-12-9-11(2)5-6-13(12)22-14(17)18/h5-6,9,14H,3-4,7-8,10H2,1-2H3,(H2,19,20,21). The molecule has 22 heavy (non-hydrogen) atoms. The topological polar surface area (TPSA) is 45.7 Å². The van der Waals surface area contributed by atoms with Crippen molar-refractivity contribution in [1.29, 1.82) is 0 Å². The summed E-state index contributed by atoms with van der Waals surface area (Å²) < 4.78 is 41.4. The molecule has 0 amide bonds. The van der Waals surface area contributed by atoms with E-state index < -0.39 is 13.3 Å². The van der Waals surface area contributed by atoms with E-state index in [4.69, 9.17) is 0 Å². The van der Waals surface area contributed by atoms with E-state index in [2.05, 4.69) is 20.4 Å². The van der Waals surface area contributed by atoms with Gasteiger partial charge in [-0.3, -0.25) is 4.39 Å². The molecule has 0 radical (unpaired) electrons. The van der Waals surface area contributed by atoms with Crippen LogP contribution in [0.25, 0.3) is 0 Å². The molecule has 0 fully saturated rings. The van der Waals surface area contributed by atoms with Gasteiger partial charge in [-0.2, -0.15) is 8.78 Å². The highest BCUT2D eigenvalue weighted by molar-refractivity contribution is 5.79. The van der Waals surface area contributed by atoms with Crippen molar-refractivity contribution in [3.8, 4) is 5.75 Å². The van der Waals surface area contributed by atoms with E-state index in [1.54, 1.807) is 12.1 Å². The van der Waals surface area contributed by atoms with E-state index in [9.17, 15) is 13.2 Å². The van der Waals surface area contributed by atoms with Crippen molar-refractivity contribution in [3.05, 3.63) is 29.3 Å². The lowest BCUT2D eigenvalue weighted by Gasteiger charge is -2.13. The lowest BCUT2D eigenvalue weighted by Crippen LogP contribution is -2.37. The molecule has 0 aromatic heterocycles. The molecule has 1 aromatic carbocycles. The van der Waals surface area contributed by atoms with Crippen LogP contribution in [0.4, 0.5) is 13.2 Å². The fourth-order valence-electron chi connectivity index (χ4n) is 1.82. The number of hydrogen-bond donors (Lipinski definition) is 2. The zero-order chi connectivity index (χ0) is 16.4. The minimum absolute atomic E-state index is 0.115. The molecule has 4 nitrogen and oxygen atoms in total. The molecule has 1 rings (SSSR count). The summed E-state index contributed by atoms with van der Waals surface area (Å²) in [5, 5.41) is 5.99. The molecule has 1 aromatic rings. The van der Waals surface area contributed by atoms with Crippen LogP contribution in [0.2, 0.25) is 0 Å². The Hall–Kier alpha value is -1.92. The molecule has 0 bridgehead atoms. The van der Waals surface area contributed by atoms with Gasteiger partial charge >= 0.3 is 6.61 Å². The molecule has 0 saturated heterocycles. The van der Waals surface area contributed by atoms with Crippen molar-refractivity contribution >= 4 is 5.96 Å². The predicted octanol–water partition coefficient (Wildman–Crippen LogP) is 3.01. The molecule has 2 N–H and O–H groups in total. The molecule has 0 saturated carbocycles. The maximum Gasteiger partial charge on any atom is 0.387 e. The Morgan fingerprint density at radius 2 is 2.09 bits per heavy atom. The average molecular weight is 317 g/mol. The van der Waals surface area contributed by atoms with Gasteiger partial charge in [-0.15, -0.1) is 0 Å². The fourth-order valence-corrected chi connectivity index (χ4v) is 1.82. The monoisotopic (exact) mass is 317 g/mol. The molecule has 0 atom stereocenters. The first-order chi connectivity index (χ1) is 10.6. The number of halogens is 3. The van der Waals surface area contributed by atoms with Crippen molar-refractivity contribution < 1.29 is 17.9 Å². The van der Waals surface area contributed by atoms with Crippen LogP contribution in [0.5, 0.6) is 5.75 Å². The van der Waals surface area contributed by atoms with Gasteiger partial charge in [-0.05, 0) is 26.3 Å². The van der Waals surface area contributed by atoms with Gasteiger partial charge in [0.1, 0.15) is 5.75 Å². The first-order valence-electron chi connectivity index (χ1n) is 7.19. The van der Waals surface area contributed by atoms with Crippen molar-refractivity contribution in [2.75, 3.05) is 19.8 Å². The summed E-state index contributed by atoms with van der Waals surface area (Å²) in [4.78, 5) is 4.31. The van der Waals surface area contributed by atoms with Gasteiger partial charge < -0.3 is 15.4 Å². The van der Waals surface area contributed by atoms with Gasteiger partial charge in [0.25, 0.3) is 0 Å². The van der Waals surface area contributed by atoms with Gasteiger partial charge in [-0.25, -0.2) is 4.99 Å². The number of hydrogen-bond acceptors (Lipinski definition) is 2. The van der Waals surface area contributed by atoms with Crippen LogP contribution in [0.1, 0.15) is 24.5 Å². The van der Waals surface area contributed by atoms with Crippen molar-refractivity contribution in [3.63, 3.8) is 0 Å². The third kappa shape index (κ3) is 6.69. The van der Waals surface area contributed by atoms with E-state index in [0.29, 0.717) is 31.0 Å². The molecule has 7 heteroatoms. The number of guanidine groups is 1. The third-order valence-electron chi connectivity index (χ3n) is 2.79. The van der Waals surface area contributed by atoms with E-state index in [1.165, 1.54) is 6.07 Å². The summed E-state index contributed by atoms with van der Waals surface area (Å²) in [6, 6.07) is 4.97. The van der Waals surface area contributed by atoms with E-state index in [1.807, 2.05) is 13.8 Å². The van der Waals surface area contributed by atoms with Gasteiger partial charge in [0.05, 0.1) is 13.2 Å². The van der Waals surface area contributed by atoms with Crippen LogP contribution in [-0.4, -0.2) is 32.3 Å². The lowest BCUT2D eigenvalue weighted by molar-refractivity contribution is -0.0504. The minimum atomic E-state index is -2.87. The predicted molar refractivity (Wildman–Crippen MR) is 81.2 cm³/mol. The SMILES string of the molecule is CCNC(=NCc1cc(C)ccc1OC(F)F)NCCCF. The van der Waals surface area contributed by atoms with Crippen LogP contribution in [-0.2, 0) is 6.54 Å². The maximum atomic E-state index is 12.4. The highest BCUT2D eigenvalue weighted by Gasteiger charge is 2.10. The summed E-state index contributed by atoms with van der Waals surface area (Å²) >= 11 is 0. The Morgan fingerprint density at radius 3 is 2.73 bits per heavy atom. The zero-order valence-electron chi connectivity index (χ0n) is 12.8. The molecule has 0 aliphatic heterocycles. The molecule has 0 aliphatic carbocycles. The normalized spacial score (nSPS) is 11.6. The van der Waals surface area contributed by atoms with E-state index in [-0.39, 0.29) is 12.3 Å². The third-order valence-corrected chi connectivity index (χ3v) is 2.79. The van der Waals surface area contributed by atoms with E-state index in [0.717, 1.165) is 5.56 Å². The first-order valence-corrected chi connectivity index (χ1v) is 7.19. The van der Waals surface area contributed by atoms with Crippen LogP contribution in [0.3, 0.4) is 0 Å². The van der Waals surface area contributed by atoms with Crippen molar-refractivity contribution in [2.24, 2.45) is 4.99 Å². The molecule has 0 unspecified atom stereocenters. The van der Waals surface area contributed by atoms with Crippen LogP contribution in [0.15, 0.2) is 23.2 Å². The number of alkyl halides is 3. The Balaban J connectivity index is 2.80. The minimum Gasteiger partial charge on any atom is -0.434 e. The molecule has 0 heterocycles. The number of aryl methyl sites for hydroxylation is 1. The quantitative estimate of drug-likeness (QED) is 0.440. The fraction of sp³-hybridized carbons (Fsp3) is 0.533. The van der Waals surface area contributed by atoms with Crippen molar-refractivity contribution in [2.45, 2.75) is 33.4 Å². The summed E-state index contributed by atoms with van der Waals surface area (Å²) in [7, 11) is 0. The number of benzene rings is 1. The van der Waals surface area contributed by atoms with Crippen LogP contribution < -0.4 is 15.4 Å². The van der Waals surface area contributed by atoms with Gasteiger partial charge in [0, 0.05) is 18.7 Å². The van der Waals surface area contributed by atoms with Crippen molar-refractivity contribution in [1.82, 2.24) is 10.6 Å². The molecular weight excluding hydrogens is 295 g/mol. The lowest BCUT2D eigenvalue weighted by atomic mass is 10.1. The van der Waals surface area contributed by atoms with Gasteiger partial charge in [0.2, 0.25) is 0 Å².